The van der Waals surface area contributed by atoms with E-state index in [0.29, 0.717) is 21.8 Å². The van der Waals surface area contributed by atoms with Crippen molar-refractivity contribution in [2.24, 2.45) is 0 Å². The molecule has 1 aromatic carbocycles. The summed E-state index contributed by atoms with van der Waals surface area (Å²) in [5, 5.41) is 12.0. The van der Waals surface area contributed by atoms with Gasteiger partial charge in [0.2, 0.25) is 11.8 Å². The number of carbonyl (C=O) groups excluding carboxylic acids is 4. The third-order valence-corrected chi connectivity index (χ3v) is 6.52. The number of aromatic nitrogens is 4. The highest BCUT2D eigenvalue weighted by molar-refractivity contribution is 6.19. The minimum atomic E-state index is -0.529. The second-order valence-electron chi connectivity index (χ2n) is 9.30. The maximum Gasteiger partial charge on any atom is 0.275 e. The van der Waals surface area contributed by atoms with Gasteiger partial charge in [-0.2, -0.15) is 0 Å². The van der Waals surface area contributed by atoms with Crippen LogP contribution in [0.3, 0.4) is 0 Å². The predicted molar refractivity (Wildman–Crippen MR) is 169 cm³/mol. The van der Waals surface area contributed by atoms with Crippen molar-refractivity contribution < 1.29 is 19.2 Å². The maximum atomic E-state index is 13.1. The van der Waals surface area contributed by atoms with E-state index in [1.165, 1.54) is 0 Å². The molecule has 4 amide bonds. The standard InChI is InChI=1S/C30H24Cl2N8O4/c31-15-13-25(41)37-21-3-1-5-23(35-21)39-29(43)19-11-9-17-7-8-18-10-12-20(34-28(18)27(17)33-19)30(44)40-24-6-2-4-22(36-24)38-26(42)14-16-32/h1-12H,13-16H2,(H2,35,37,39,41,43)(H2,36,38,40,42,44). The smallest absolute Gasteiger partial charge is 0.275 e. The number of fused-ring (bicyclic) bond motifs is 3. The third-order valence-electron chi connectivity index (χ3n) is 6.14. The van der Waals surface area contributed by atoms with Gasteiger partial charge in [0.1, 0.15) is 34.7 Å². The Morgan fingerprint density at radius 1 is 0.500 bits per heavy atom. The summed E-state index contributed by atoms with van der Waals surface area (Å²) in [7, 11) is 0. The number of amides is 4. The first-order valence-corrected chi connectivity index (χ1v) is 14.4. The molecule has 4 heterocycles. The molecule has 0 aliphatic rings. The van der Waals surface area contributed by atoms with Crippen molar-refractivity contribution in [3.63, 3.8) is 0 Å². The van der Waals surface area contributed by atoms with Crippen LogP contribution in [0.15, 0.2) is 72.8 Å². The lowest BCUT2D eigenvalue weighted by atomic mass is 10.1. The number of hydrogen-bond donors (Lipinski definition) is 4. The molecule has 5 rings (SSSR count). The highest BCUT2D eigenvalue weighted by Crippen LogP contribution is 2.24. The van der Waals surface area contributed by atoms with Gasteiger partial charge in [-0.15, -0.1) is 23.2 Å². The molecule has 12 nitrogen and oxygen atoms in total. The fourth-order valence-corrected chi connectivity index (χ4v) is 4.45. The lowest BCUT2D eigenvalue weighted by molar-refractivity contribution is -0.116. The van der Waals surface area contributed by atoms with Gasteiger partial charge in [0.25, 0.3) is 11.8 Å². The fourth-order valence-electron chi connectivity index (χ4n) is 4.11. The molecule has 0 spiro atoms. The van der Waals surface area contributed by atoms with E-state index in [2.05, 4.69) is 41.2 Å². The zero-order valence-electron chi connectivity index (χ0n) is 22.9. The molecule has 44 heavy (non-hydrogen) atoms. The average Bonchev–Trinajstić information content (AvgIpc) is 3.01. The number of nitrogens with zero attached hydrogens (tertiary/aromatic N) is 4. The number of anilines is 4. The van der Waals surface area contributed by atoms with E-state index in [0.717, 1.165) is 0 Å². The number of halogens is 2. The first-order valence-electron chi connectivity index (χ1n) is 13.3. The van der Waals surface area contributed by atoms with Crippen LogP contribution >= 0.6 is 23.2 Å². The van der Waals surface area contributed by atoms with E-state index < -0.39 is 11.8 Å². The van der Waals surface area contributed by atoms with Crippen molar-refractivity contribution in [2.75, 3.05) is 33.0 Å². The van der Waals surface area contributed by atoms with E-state index >= 15 is 0 Å². The van der Waals surface area contributed by atoms with Crippen LogP contribution in [0, 0.1) is 0 Å². The molecule has 0 radical (unpaired) electrons. The van der Waals surface area contributed by atoms with Crippen LogP contribution in [0.5, 0.6) is 0 Å². The van der Waals surface area contributed by atoms with Gasteiger partial charge in [-0.3, -0.25) is 19.2 Å². The Kier molecular flexibility index (Phi) is 9.52. The molecule has 5 aromatic rings. The Morgan fingerprint density at radius 2 is 0.864 bits per heavy atom. The van der Waals surface area contributed by atoms with Gasteiger partial charge in [-0.25, -0.2) is 19.9 Å². The summed E-state index contributed by atoms with van der Waals surface area (Å²) in [6, 6.07) is 19.9. The van der Waals surface area contributed by atoms with Crippen molar-refractivity contribution >= 4 is 91.9 Å². The third kappa shape index (κ3) is 7.41. The maximum absolute atomic E-state index is 13.1. The molecule has 0 saturated carbocycles. The van der Waals surface area contributed by atoms with Crippen molar-refractivity contribution in [1.29, 1.82) is 0 Å². The van der Waals surface area contributed by atoms with Gasteiger partial charge in [-0.05, 0) is 36.4 Å². The molecular weight excluding hydrogens is 607 g/mol. The van der Waals surface area contributed by atoms with Crippen LogP contribution in [0.2, 0.25) is 0 Å². The summed E-state index contributed by atoms with van der Waals surface area (Å²) in [6.07, 6.45) is 0.261. The summed E-state index contributed by atoms with van der Waals surface area (Å²) in [4.78, 5) is 67.5. The monoisotopic (exact) mass is 630 g/mol. The summed E-state index contributed by atoms with van der Waals surface area (Å²) < 4.78 is 0. The van der Waals surface area contributed by atoms with Crippen LogP contribution in [-0.2, 0) is 9.59 Å². The lowest BCUT2D eigenvalue weighted by Crippen LogP contribution is -2.17. The largest absolute Gasteiger partial charge is 0.311 e. The van der Waals surface area contributed by atoms with Crippen LogP contribution in [0.1, 0.15) is 33.8 Å². The fraction of sp³-hybridized carbons (Fsp3) is 0.133. The molecule has 0 aliphatic carbocycles. The number of pyridine rings is 4. The zero-order valence-corrected chi connectivity index (χ0v) is 24.4. The Balaban J connectivity index is 1.37. The van der Waals surface area contributed by atoms with Crippen molar-refractivity contribution in [3.8, 4) is 0 Å². The number of benzene rings is 1. The molecule has 0 bridgehead atoms. The second-order valence-corrected chi connectivity index (χ2v) is 10.1. The van der Waals surface area contributed by atoms with E-state index in [1.54, 1.807) is 60.7 Å². The molecule has 4 N–H and O–H groups in total. The van der Waals surface area contributed by atoms with Crippen LogP contribution in [-0.4, -0.2) is 55.3 Å². The second kappa shape index (κ2) is 13.8. The summed E-state index contributed by atoms with van der Waals surface area (Å²) in [5.41, 5.74) is 1.03. The van der Waals surface area contributed by atoms with E-state index in [4.69, 9.17) is 23.2 Å². The van der Waals surface area contributed by atoms with E-state index in [-0.39, 0.29) is 71.1 Å². The van der Waals surface area contributed by atoms with Crippen LogP contribution in [0.25, 0.3) is 21.8 Å². The normalized spacial score (nSPS) is 10.8. The number of hydrogen-bond acceptors (Lipinski definition) is 8. The number of carbonyl (C=O) groups is 4. The summed E-state index contributed by atoms with van der Waals surface area (Å²) >= 11 is 11.2. The molecule has 0 fully saturated rings. The Morgan fingerprint density at radius 3 is 1.25 bits per heavy atom. The number of alkyl halides is 2. The molecule has 0 aliphatic heterocycles. The molecular formula is C30H24Cl2N8O4. The highest BCUT2D eigenvalue weighted by Gasteiger charge is 2.15. The van der Waals surface area contributed by atoms with Crippen LogP contribution < -0.4 is 21.3 Å². The van der Waals surface area contributed by atoms with E-state index in [1.807, 2.05) is 12.1 Å². The number of rotatable bonds is 10. The highest BCUT2D eigenvalue weighted by atomic mass is 35.5. The topological polar surface area (TPSA) is 168 Å². The summed E-state index contributed by atoms with van der Waals surface area (Å²) in [6.45, 7) is 0. The number of nitrogens with one attached hydrogen (secondary N) is 4. The first kappa shape index (κ1) is 30.3. The lowest BCUT2D eigenvalue weighted by Gasteiger charge is -2.10. The van der Waals surface area contributed by atoms with Gasteiger partial charge in [-0.1, -0.05) is 36.4 Å². The van der Waals surface area contributed by atoms with Gasteiger partial charge in [0.05, 0.1) is 11.0 Å². The SMILES string of the molecule is O=C(CCCl)Nc1cccc(NC(=O)c2ccc3ccc4ccc(C(=O)Nc5cccc(NC(=O)CCCl)n5)nc4c3n2)n1. The van der Waals surface area contributed by atoms with Crippen LogP contribution in [0.4, 0.5) is 23.3 Å². The molecule has 222 valence electrons. The van der Waals surface area contributed by atoms with Crippen molar-refractivity contribution in [1.82, 2.24) is 19.9 Å². The molecule has 0 unspecified atom stereocenters. The van der Waals surface area contributed by atoms with Crippen molar-refractivity contribution in [3.05, 3.63) is 84.2 Å². The Labute approximate surface area is 260 Å². The Hall–Kier alpha value is -5.20. The van der Waals surface area contributed by atoms with E-state index in [9.17, 15) is 19.2 Å². The molecule has 14 heteroatoms. The van der Waals surface area contributed by atoms with Gasteiger partial charge < -0.3 is 21.3 Å². The average molecular weight is 631 g/mol. The van der Waals surface area contributed by atoms with Gasteiger partial charge in [0, 0.05) is 35.4 Å². The Bertz CT molecular complexity index is 1770. The minimum absolute atomic E-state index is 0.0947. The first-order chi connectivity index (χ1) is 21.3. The quantitative estimate of drug-likeness (QED) is 0.120. The van der Waals surface area contributed by atoms with Gasteiger partial charge in [0.15, 0.2) is 0 Å². The summed E-state index contributed by atoms with van der Waals surface area (Å²) in [5.74, 6) is -0.338. The predicted octanol–water partition coefficient (Wildman–Crippen LogP) is 5.21. The molecule has 0 saturated heterocycles. The van der Waals surface area contributed by atoms with Crippen molar-refractivity contribution in [2.45, 2.75) is 12.8 Å². The zero-order chi connectivity index (χ0) is 31.1. The molecule has 0 atom stereocenters. The molecule has 4 aromatic heterocycles. The van der Waals surface area contributed by atoms with Gasteiger partial charge >= 0.3 is 0 Å². The minimum Gasteiger partial charge on any atom is -0.311 e.